The summed E-state index contributed by atoms with van der Waals surface area (Å²) < 4.78 is 30.1. The van der Waals surface area contributed by atoms with E-state index in [0.29, 0.717) is 11.3 Å². The summed E-state index contributed by atoms with van der Waals surface area (Å²) in [4.78, 5) is 23.9. The number of ether oxygens (including phenoxy) is 1. The third-order valence-electron chi connectivity index (χ3n) is 3.84. The van der Waals surface area contributed by atoms with E-state index >= 15 is 0 Å². The lowest BCUT2D eigenvalue weighted by atomic mass is 10.1. The van der Waals surface area contributed by atoms with Crippen molar-refractivity contribution in [2.75, 3.05) is 30.8 Å². The van der Waals surface area contributed by atoms with Crippen LogP contribution in [0.3, 0.4) is 0 Å². The quantitative estimate of drug-likeness (QED) is 0.730. The highest BCUT2D eigenvalue weighted by molar-refractivity contribution is 7.92. The van der Waals surface area contributed by atoms with Gasteiger partial charge in [-0.25, -0.2) is 13.2 Å². The van der Waals surface area contributed by atoms with E-state index in [4.69, 9.17) is 0 Å². The average Bonchev–Trinajstić information content (AvgIpc) is 2.63. The zero-order valence-corrected chi connectivity index (χ0v) is 16.2. The Kier molecular flexibility index (Phi) is 6.57. The van der Waals surface area contributed by atoms with Gasteiger partial charge in [0.15, 0.2) is 0 Å². The molecule has 0 aliphatic rings. The van der Waals surface area contributed by atoms with Gasteiger partial charge in [0.25, 0.3) is 5.91 Å². The van der Waals surface area contributed by atoms with Gasteiger partial charge < -0.3 is 10.1 Å². The maximum Gasteiger partial charge on any atom is 0.337 e. The number of rotatable bonds is 7. The molecule has 8 heteroatoms. The Morgan fingerprint density at radius 2 is 1.74 bits per heavy atom. The fraction of sp³-hybridized carbons (Fsp3) is 0.263. The van der Waals surface area contributed by atoms with Gasteiger partial charge in [-0.1, -0.05) is 23.8 Å². The summed E-state index contributed by atoms with van der Waals surface area (Å²) in [6, 6.07) is 13.2. The van der Waals surface area contributed by atoms with Gasteiger partial charge in [-0.05, 0) is 37.3 Å². The lowest BCUT2D eigenvalue weighted by Gasteiger charge is -2.23. The highest BCUT2D eigenvalue weighted by Crippen LogP contribution is 2.19. The molecule has 2 aromatic carbocycles. The number of nitrogens with zero attached hydrogens (tertiary/aromatic N) is 1. The summed E-state index contributed by atoms with van der Waals surface area (Å²) in [5, 5.41) is 2.71. The molecule has 0 aliphatic carbocycles. The lowest BCUT2D eigenvalue weighted by Crippen LogP contribution is -2.38. The van der Waals surface area contributed by atoms with Gasteiger partial charge in [0.1, 0.15) is 0 Å². The molecule has 0 radical (unpaired) electrons. The van der Waals surface area contributed by atoms with Crippen molar-refractivity contribution in [3.63, 3.8) is 0 Å². The van der Waals surface area contributed by atoms with Crippen molar-refractivity contribution in [2.45, 2.75) is 6.92 Å². The van der Waals surface area contributed by atoms with Crippen LogP contribution in [0.1, 0.15) is 26.3 Å². The van der Waals surface area contributed by atoms with Crippen molar-refractivity contribution in [2.24, 2.45) is 0 Å². The third-order valence-corrected chi connectivity index (χ3v) is 5.03. The summed E-state index contributed by atoms with van der Waals surface area (Å²) in [6.07, 6.45) is 1.07. The minimum absolute atomic E-state index is 0.0288. The fourth-order valence-electron chi connectivity index (χ4n) is 2.55. The molecular weight excluding hydrogens is 368 g/mol. The highest BCUT2D eigenvalue weighted by Gasteiger charge is 2.19. The minimum atomic E-state index is -3.61. The lowest BCUT2D eigenvalue weighted by molar-refractivity contribution is 0.0600. The van der Waals surface area contributed by atoms with E-state index in [0.717, 1.165) is 16.1 Å². The summed E-state index contributed by atoms with van der Waals surface area (Å²) in [6.45, 7) is 2.03. The Morgan fingerprint density at radius 1 is 1.07 bits per heavy atom. The molecule has 0 heterocycles. The number of sulfonamides is 1. The summed E-state index contributed by atoms with van der Waals surface area (Å²) in [5.41, 5.74) is 2.03. The molecule has 1 N–H and O–H groups in total. The molecule has 0 bridgehead atoms. The Balaban J connectivity index is 2.12. The summed E-state index contributed by atoms with van der Waals surface area (Å²) >= 11 is 0. The fourth-order valence-corrected chi connectivity index (χ4v) is 3.47. The van der Waals surface area contributed by atoms with Gasteiger partial charge in [-0.15, -0.1) is 0 Å². The predicted molar refractivity (Wildman–Crippen MR) is 103 cm³/mol. The van der Waals surface area contributed by atoms with Crippen molar-refractivity contribution in [1.29, 1.82) is 0 Å². The number of methoxy groups -OCH3 is 1. The molecule has 2 aromatic rings. The van der Waals surface area contributed by atoms with Crippen LogP contribution in [0.25, 0.3) is 0 Å². The summed E-state index contributed by atoms with van der Waals surface area (Å²) in [7, 11) is -2.35. The van der Waals surface area contributed by atoms with E-state index in [1.807, 2.05) is 13.0 Å². The molecule has 0 spiro atoms. The van der Waals surface area contributed by atoms with Gasteiger partial charge in [0.2, 0.25) is 10.0 Å². The van der Waals surface area contributed by atoms with E-state index in [1.54, 1.807) is 30.3 Å². The zero-order valence-electron chi connectivity index (χ0n) is 15.4. The van der Waals surface area contributed by atoms with Crippen molar-refractivity contribution in [3.05, 3.63) is 65.2 Å². The second kappa shape index (κ2) is 8.68. The molecule has 0 fully saturated rings. The molecular formula is C19H22N2O5S. The maximum absolute atomic E-state index is 12.2. The first kappa shape index (κ1) is 20.4. The van der Waals surface area contributed by atoms with Gasteiger partial charge in [-0.3, -0.25) is 9.10 Å². The van der Waals surface area contributed by atoms with E-state index in [1.165, 1.54) is 19.2 Å². The van der Waals surface area contributed by atoms with Crippen molar-refractivity contribution in [1.82, 2.24) is 5.32 Å². The largest absolute Gasteiger partial charge is 0.465 e. The molecule has 0 aliphatic heterocycles. The number of esters is 1. The van der Waals surface area contributed by atoms with Crippen LogP contribution in [-0.4, -0.2) is 46.7 Å². The van der Waals surface area contributed by atoms with E-state index < -0.39 is 16.0 Å². The molecule has 7 nitrogen and oxygen atoms in total. The molecule has 0 aromatic heterocycles. The zero-order chi connectivity index (χ0) is 20.0. The van der Waals surface area contributed by atoms with E-state index in [9.17, 15) is 18.0 Å². The Hall–Kier alpha value is -2.87. The molecule has 1 amide bonds. The Morgan fingerprint density at radius 3 is 2.37 bits per heavy atom. The number of hydrogen-bond acceptors (Lipinski definition) is 5. The smallest absolute Gasteiger partial charge is 0.337 e. The number of hydrogen-bond donors (Lipinski definition) is 1. The van der Waals surface area contributed by atoms with Gasteiger partial charge >= 0.3 is 5.97 Å². The Labute approximate surface area is 159 Å². The van der Waals surface area contributed by atoms with Crippen molar-refractivity contribution in [3.8, 4) is 0 Å². The van der Waals surface area contributed by atoms with Crippen LogP contribution in [0.15, 0.2) is 48.5 Å². The van der Waals surface area contributed by atoms with Crippen LogP contribution in [0.5, 0.6) is 0 Å². The SMILES string of the molecule is COC(=O)c1cccc(N(CCNC(=O)c2cccc(C)c2)S(C)(=O)=O)c1. The number of anilines is 1. The second-order valence-electron chi connectivity index (χ2n) is 6.00. The minimum Gasteiger partial charge on any atom is -0.465 e. The number of amides is 1. The van der Waals surface area contributed by atoms with Crippen LogP contribution in [0.2, 0.25) is 0 Å². The van der Waals surface area contributed by atoms with Crippen molar-refractivity contribution < 1.29 is 22.7 Å². The van der Waals surface area contributed by atoms with Gasteiger partial charge in [0, 0.05) is 12.1 Å². The first-order chi connectivity index (χ1) is 12.7. The van der Waals surface area contributed by atoms with Crippen LogP contribution in [0.4, 0.5) is 5.69 Å². The molecule has 144 valence electrons. The molecule has 27 heavy (non-hydrogen) atoms. The topological polar surface area (TPSA) is 92.8 Å². The number of nitrogens with one attached hydrogen (secondary N) is 1. The van der Waals surface area contributed by atoms with Crippen LogP contribution in [0, 0.1) is 6.92 Å². The number of carbonyl (C=O) groups is 2. The van der Waals surface area contributed by atoms with Crippen molar-refractivity contribution >= 4 is 27.6 Å². The second-order valence-corrected chi connectivity index (χ2v) is 7.91. The predicted octanol–water partition coefficient (Wildman–Crippen LogP) is 1.98. The number of carbonyl (C=O) groups excluding carboxylic acids is 2. The van der Waals surface area contributed by atoms with Gasteiger partial charge in [-0.2, -0.15) is 0 Å². The average molecular weight is 390 g/mol. The number of aryl methyl sites for hydroxylation is 1. The Bertz CT molecular complexity index is 941. The van der Waals surface area contributed by atoms with Crippen LogP contribution >= 0.6 is 0 Å². The monoisotopic (exact) mass is 390 g/mol. The maximum atomic E-state index is 12.2. The van der Waals surface area contributed by atoms with Gasteiger partial charge in [0.05, 0.1) is 31.2 Å². The molecule has 0 unspecified atom stereocenters. The third kappa shape index (κ3) is 5.55. The molecule has 2 rings (SSSR count). The normalized spacial score (nSPS) is 10.9. The molecule has 0 saturated heterocycles. The molecule has 0 saturated carbocycles. The number of benzene rings is 2. The first-order valence-electron chi connectivity index (χ1n) is 8.23. The van der Waals surface area contributed by atoms with E-state index in [2.05, 4.69) is 10.1 Å². The highest BCUT2D eigenvalue weighted by atomic mass is 32.2. The standard InChI is InChI=1S/C19H22N2O5S/c1-14-6-4-7-15(12-14)18(22)20-10-11-21(27(3,24)25)17-9-5-8-16(13-17)19(23)26-2/h4-9,12-13H,10-11H2,1-3H3,(H,20,22). The summed E-state index contributed by atoms with van der Waals surface area (Å²) in [5.74, 6) is -0.839. The van der Waals surface area contributed by atoms with E-state index in [-0.39, 0.29) is 24.6 Å². The van der Waals surface area contributed by atoms with Crippen LogP contribution < -0.4 is 9.62 Å². The van der Waals surface area contributed by atoms with Crippen LogP contribution in [-0.2, 0) is 14.8 Å². The molecule has 0 atom stereocenters. The first-order valence-corrected chi connectivity index (χ1v) is 10.1.